The van der Waals surface area contributed by atoms with E-state index in [1.807, 2.05) is 10.3 Å². The summed E-state index contributed by atoms with van der Waals surface area (Å²) in [5.74, 6) is 0.122. The van der Waals surface area contributed by atoms with Crippen molar-refractivity contribution in [2.24, 2.45) is 5.73 Å². The monoisotopic (exact) mass is 241 g/mol. The van der Waals surface area contributed by atoms with Gasteiger partial charge in [-0.05, 0) is 0 Å². The number of nitrogens with two attached hydrogens (primary N) is 1. The number of carbonyl (C=O) groups is 1. The number of ether oxygens (including phenoxy) is 1. The quantitative estimate of drug-likeness (QED) is 0.809. The second-order valence-electron chi connectivity index (χ2n) is 3.61. The molecule has 2 N–H and O–H groups in total. The number of nitrogens with zero attached hydrogens (tertiary/aromatic N) is 2. The average molecular weight is 241 g/mol. The molecule has 2 rings (SSSR count). The zero-order chi connectivity index (χ0) is 11.4. The summed E-state index contributed by atoms with van der Waals surface area (Å²) in [6, 6.07) is 0. The van der Waals surface area contributed by atoms with E-state index in [4.69, 9.17) is 10.5 Å². The van der Waals surface area contributed by atoms with E-state index in [0.717, 1.165) is 10.7 Å². The summed E-state index contributed by atoms with van der Waals surface area (Å²) in [6.07, 6.45) is 0.372. The van der Waals surface area contributed by atoms with E-state index in [1.54, 1.807) is 0 Å². The third-order valence-corrected chi connectivity index (χ3v) is 3.39. The molecule has 0 unspecified atom stereocenters. The van der Waals surface area contributed by atoms with E-state index >= 15 is 0 Å². The molecular weight excluding hydrogens is 226 g/mol. The minimum Gasteiger partial charge on any atom is -0.378 e. The number of thiazole rings is 1. The van der Waals surface area contributed by atoms with Gasteiger partial charge in [0.2, 0.25) is 5.91 Å². The maximum Gasteiger partial charge on any atom is 0.228 e. The number of aromatic nitrogens is 1. The summed E-state index contributed by atoms with van der Waals surface area (Å²) < 4.78 is 5.20. The van der Waals surface area contributed by atoms with Gasteiger partial charge in [0.05, 0.1) is 25.3 Å². The highest BCUT2D eigenvalue weighted by Gasteiger charge is 2.17. The summed E-state index contributed by atoms with van der Waals surface area (Å²) in [5, 5.41) is 2.78. The molecular formula is C10H15N3O2S. The van der Waals surface area contributed by atoms with E-state index in [9.17, 15) is 4.79 Å². The first-order valence-corrected chi connectivity index (χ1v) is 6.16. The first-order valence-electron chi connectivity index (χ1n) is 5.28. The smallest absolute Gasteiger partial charge is 0.228 e. The van der Waals surface area contributed by atoms with Gasteiger partial charge in [-0.25, -0.2) is 4.98 Å². The molecule has 0 saturated carbocycles. The molecule has 1 saturated heterocycles. The highest BCUT2D eigenvalue weighted by molar-refractivity contribution is 7.09. The SMILES string of the molecule is NCc1nc(CC(=O)N2CCOCC2)cs1. The molecule has 2 heterocycles. The van der Waals surface area contributed by atoms with Crippen molar-refractivity contribution in [1.82, 2.24) is 9.88 Å². The number of morpholine rings is 1. The molecule has 1 aromatic rings. The van der Waals surface area contributed by atoms with E-state index in [2.05, 4.69) is 4.98 Å². The Labute approximate surface area is 98.2 Å². The fourth-order valence-corrected chi connectivity index (χ4v) is 2.28. The zero-order valence-electron chi connectivity index (χ0n) is 9.02. The Morgan fingerprint density at radius 3 is 2.94 bits per heavy atom. The van der Waals surface area contributed by atoms with E-state index in [1.165, 1.54) is 11.3 Å². The topological polar surface area (TPSA) is 68.5 Å². The van der Waals surface area contributed by atoms with Gasteiger partial charge >= 0.3 is 0 Å². The Hall–Kier alpha value is -0.980. The van der Waals surface area contributed by atoms with Crippen LogP contribution in [0.2, 0.25) is 0 Å². The molecule has 5 nitrogen and oxygen atoms in total. The summed E-state index contributed by atoms with van der Waals surface area (Å²) in [7, 11) is 0. The minimum atomic E-state index is 0.122. The lowest BCUT2D eigenvalue weighted by Crippen LogP contribution is -2.41. The largest absolute Gasteiger partial charge is 0.378 e. The van der Waals surface area contributed by atoms with Crippen LogP contribution in [0.15, 0.2) is 5.38 Å². The van der Waals surface area contributed by atoms with Crippen LogP contribution in [0.4, 0.5) is 0 Å². The van der Waals surface area contributed by atoms with Crippen molar-refractivity contribution in [3.05, 3.63) is 16.1 Å². The van der Waals surface area contributed by atoms with Gasteiger partial charge in [0.1, 0.15) is 5.01 Å². The Kier molecular flexibility index (Phi) is 3.87. The lowest BCUT2D eigenvalue weighted by atomic mass is 10.3. The third-order valence-electron chi connectivity index (χ3n) is 2.47. The van der Waals surface area contributed by atoms with Crippen molar-refractivity contribution >= 4 is 17.2 Å². The van der Waals surface area contributed by atoms with Gasteiger partial charge in [-0.2, -0.15) is 0 Å². The first kappa shape index (κ1) is 11.5. The molecule has 0 spiro atoms. The van der Waals surface area contributed by atoms with Crippen molar-refractivity contribution in [3.8, 4) is 0 Å². The van der Waals surface area contributed by atoms with Gasteiger partial charge in [-0.1, -0.05) is 0 Å². The second-order valence-corrected chi connectivity index (χ2v) is 4.55. The maximum absolute atomic E-state index is 11.9. The minimum absolute atomic E-state index is 0.122. The molecule has 1 aliphatic heterocycles. The average Bonchev–Trinajstić information content (AvgIpc) is 2.78. The van der Waals surface area contributed by atoms with Crippen LogP contribution in [0.5, 0.6) is 0 Å². The molecule has 88 valence electrons. The molecule has 0 aliphatic carbocycles. The standard InChI is InChI=1S/C10H15N3O2S/c11-6-9-12-8(7-16-9)5-10(14)13-1-3-15-4-2-13/h7H,1-6,11H2. The number of carbonyl (C=O) groups excluding carboxylic acids is 1. The highest BCUT2D eigenvalue weighted by atomic mass is 32.1. The summed E-state index contributed by atoms with van der Waals surface area (Å²) >= 11 is 1.51. The molecule has 0 radical (unpaired) electrons. The van der Waals surface area contributed by atoms with Crippen LogP contribution in [0.25, 0.3) is 0 Å². The number of hydrogen-bond acceptors (Lipinski definition) is 5. The predicted molar refractivity (Wildman–Crippen MR) is 61.1 cm³/mol. The molecule has 1 aliphatic rings. The van der Waals surface area contributed by atoms with Crippen molar-refractivity contribution in [3.63, 3.8) is 0 Å². The fraction of sp³-hybridized carbons (Fsp3) is 0.600. The molecule has 6 heteroatoms. The van der Waals surface area contributed by atoms with Crippen LogP contribution in [-0.2, 0) is 22.5 Å². The molecule has 16 heavy (non-hydrogen) atoms. The highest BCUT2D eigenvalue weighted by Crippen LogP contribution is 2.11. The Balaban J connectivity index is 1.90. The number of hydrogen-bond donors (Lipinski definition) is 1. The van der Waals surface area contributed by atoms with Crippen LogP contribution >= 0.6 is 11.3 Å². The predicted octanol–water partition coefficient (Wildman–Crippen LogP) is 0.00310. The van der Waals surface area contributed by atoms with Gasteiger partial charge < -0.3 is 15.4 Å². The Bertz CT molecular complexity index is 361. The summed E-state index contributed by atoms with van der Waals surface area (Å²) in [5.41, 5.74) is 6.29. The zero-order valence-corrected chi connectivity index (χ0v) is 9.83. The molecule has 0 atom stereocenters. The third kappa shape index (κ3) is 2.78. The lowest BCUT2D eigenvalue weighted by Gasteiger charge is -2.26. The molecule has 1 amide bonds. The molecule has 0 aromatic carbocycles. The Morgan fingerprint density at radius 1 is 1.56 bits per heavy atom. The maximum atomic E-state index is 11.9. The van der Waals surface area contributed by atoms with E-state index < -0.39 is 0 Å². The van der Waals surface area contributed by atoms with Gasteiger partial charge in [-0.3, -0.25) is 4.79 Å². The number of amides is 1. The second kappa shape index (κ2) is 5.38. The first-order chi connectivity index (χ1) is 7.79. The van der Waals surface area contributed by atoms with Crippen LogP contribution in [0.1, 0.15) is 10.7 Å². The fourth-order valence-electron chi connectivity index (χ4n) is 1.60. The van der Waals surface area contributed by atoms with E-state index in [-0.39, 0.29) is 5.91 Å². The summed E-state index contributed by atoms with van der Waals surface area (Å²) in [4.78, 5) is 18.0. The van der Waals surface area contributed by atoms with Gasteiger partial charge in [0.25, 0.3) is 0 Å². The van der Waals surface area contributed by atoms with Crippen LogP contribution in [0.3, 0.4) is 0 Å². The van der Waals surface area contributed by atoms with Crippen molar-refractivity contribution in [2.75, 3.05) is 26.3 Å². The van der Waals surface area contributed by atoms with Crippen molar-refractivity contribution in [2.45, 2.75) is 13.0 Å². The van der Waals surface area contributed by atoms with Gasteiger partial charge in [0, 0.05) is 25.0 Å². The number of rotatable bonds is 3. The lowest BCUT2D eigenvalue weighted by molar-refractivity contribution is -0.134. The normalized spacial score (nSPS) is 16.4. The van der Waals surface area contributed by atoms with Gasteiger partial charge in [0.15, 0.2) is 0 Å². The van der Waals surface area contributed by atoms with Crippen LogP contribution < -0.4 is 5.73 Å². The van der Waals surface area contributed by atoms with Gasteiger partial charge in [-0.15, -0.1) is 11.3 Å². The molecule has 1 fully saturated rings. The Morgan fingerprint density at radius 2 is 2.31 bits per heavy atom. The molecule has 1 aromatic heterocycles. The van der Waals surface area contributed by atoms with E-state index in [0.29, 0.717) is 39.3 Å². The summed E-state index contributed by atoms with van der Waals surface area (Å²) in [6.45, 7) is 3.09. The van der Waals surface area contributed by atoms with Crippen LogP contribution in [-0.4, -0.2) is 42.1 Å². The van der Waals surface area contributed by atoms with Crippen molar-refractivity contribution < 1.29 is 9.53 Å². The van der Waals surface area contributed by atoms with Crippen molar-refractivity contribution in [1.29, 1.82) is 0 Å². The van der Waals surface area contributed by atoms with Crippen LogP contribution in [0, 0.1) is 0 Å². The molecule has 0 bridgehead atoms.